The second kappa shape index (κ2) is 7.97. The molecule has 0 atom stereocenters. The molecule has 2 aromatic rings. The van der Waals surface area contributed by atoms with Gasteiger partial charge in [0.1, 0.15) is 0 Å². The molecule has 2 nitrogen and oxygen atoms in total. The normalized spacial score (nSPS) is 10.4. The molecule has 21 heavy (non-hydrogen) atoms. The number of benzene rings is 2. The van der Waals surface area contributed by atoms with Crippen molar-refractivity contribution in [1.82, 2.24) is 0 Å². The number of nitrogens with one attached hydrogen (secondary N) is 1. The second-order valence-corrected chi connectivity index (χ2v) is 6.65. The minimum Gasteiger partial charge on any atom is -0.322 e. The van der Waals surface area contributed by atoms with Crippen molar-refractivity contribution in [2.24, 2.45) is 0 Å². The highest BCUT2D eigenvalue weighted by atomic mass is 79.9. The Morgan fingerprint density at radius 2 is 2.00 bits per heavy atom. The number of hydrogen-bond donors (Lipinski definition) is 1. The highest BCUT2D eigenvalue weighted by Crippen LogP contribution is 2.23. The third kappa shape index (κ3) is 4.83. The Balaban J connectivity index is 2.12. The number of anilines is 1. The van der Waals surface area contributed by atoms with Crippen LogP contribution < -0.4 is 5.32 Å². The maximum atomic E-state index is 12.3. The minimum absolute atomic E-state index is 0.156. The van der Waals surface area contributed by atoms with Crippen LogP contribution in [-0.4, -0.2) is 11.2 Å². The molecule has 0 saturated carbocycles. The molecule has 2 aromatic carbocycles. The number of hydrogen-bond acceptors (Lipinski definition) is 1. The molecule has 1 N–H and O–H groups in total. The topological polar surface area (TPSA) is 29.1 Å². The first-order chi connectivity index (χ1) is 10.1. The first-order valence-electron chi connectivity index (χ1n) is 6.51. The van der Waals surface area contributed by atoms with Gasteiger partial charge in [0.2, 0.25) is 0 Å². The standard InChI is InChI=1S/C16H14Br2ClNO/c17-8-2-4-11-3-1-5-13(9-11)20-16(21)14-7-6-12(19)10-15(14)18/h1,3,5-7,9-10H,2,4,8H2,(H,20,21). The van der Waals surface area contributed by atoms with Crippen LogP contribution in [0.5, 0.6) is 0 Å². The van der Waals surface area contributed by atoms with Gasteiger partial charge in [-0.25, -0.2) is 0 Å². The van der Waals surface area contributed by atoms with E-state index in [0.29, 0.717) is 15.1 Å². The zero-order chi connectivity index (χ0) is 15.2. The lowest BCUT2D eigenvalue weighted by molar-refractivity contribution is 0.102. The molecule has 0 fully saturated rings. The lowest BCUT2D eigenvalue weighted by Gasteiger charge is -2.09. The molecule has 0 bridgehead atoms. The van der Waals surface area contributed by atoms with E-state index in [-0.39, 0.29) is 5.91 Å². The smallest absolute Gasteiger partial charge is 0.256 e. The molecule has 0 aliphatic heterocycles. The SMILES string of the molecule is O=C(Nc1cccc(CCCBr)c1)c1ccc(Cl)cc1Br. The molecule has 1 amide bonds. The van der Waals surface area contributed by atoms with E-state index in [0.717, 1.165) is 23.9 Å². The fraction of sp³-hybridized carbons (Fsp3) is 0.188. The van der Waals surface area contributed by atoms with Gasteiger partial charge in [0.25, 0.3) is 5.91 Å². The van der Waals surface area contributed by atoms with Crippen LogP contribution in [0.1, 0.15) is 22.3 Å². The van der Waals surface area contributed by atoms with Crippen LogP contribution in [0.4, 0.5) is 5.69 Å². The van der Waals surface area contributed by atoms with E-state index < -0.39 is 0 Å². The van der Waals surface area contributed by atoms with Gasteiger partial charge >= 0.3 is 0 Å². The molecule has 0 unspecified atom stereocenters. The number of alkyl halides is 1. The number of amides is 1. The summed E-state index contributed by atoms with van der Waals surface area (Å²) in [5.41, 5.74) is 2.57. The maximum absolute atomic E-state index is 12.3. The van der Waals surface area contributed by atoms with Gasteiger partial charge < -0.3 is 5.32 Å². The largest absolute Gasteiger partial charge is 0.322 e. The highest BCUT2D eigenvalue weighted by Gasteiger charge is 2.10. The van der Waals surface area contributed by atoms with Gasteiger partial charge in [-0.2, -0.15) is 0 Å². The van der Waals surface area contributed by atoms with Gasteiger partial charge in [-0.1, -0.05) is 39.7 Å². The maximum Gasteiger partial charge on any atom is 0.256 e. The van der Waals surface area contributed by atoms with Crippen molar-refractivity contribution < 1.29 is 4.79 Å². The minimum atomic E-state index is -0.156. The predicted molar refractivity (Wildman–Crippen MR) is 95.7 cm³/mol. The number of carbonyl (C=O) groups is 1. The fourth-order valence-electron chi connectivity index (χ4n) is 1.95. The van der Waals surface area contributed by atoms with Crippen LogP contribution in [0.25, 0.3) is 0 Å². The Morgan fingerprint density at radius 1 is 1.19 bits per heavy atom. The molecule has 0 aromatic heterocycles. The Labute approximate surface area is 146 Å². The van der Waals surface area contributed by atoms with Crippen LogP contribution in [0.2, 0.25) is 5.02 Å². The molecular formula is C16H14Br2ClNO. The average molecular weight is 432 g/mol. The van der Waals surface area contributed by atoms with Crippen LogP contribution >= 0.6 is 43.5 Å². The molecule has 0 radical (unpaired) electrons. The lowest BCUT2D eigenvalue weighted by Crippen LogP contribution is -2.12. The zero-order valence-electron chi connectivity index (χ0n) is 11.2. The van der Waals surface area contributed by atoms with Crippen molar-refractivity contribution in [2.75, 3.05) is 10.6 Å². The summed E-state index contributed by atoms with van der Waals surface area (Å²) in [4.78, 5) is 12.3. The van der Waals surface area contributed by atoms with Gasteiger partial charge in [0.15, 0.2) is 0 Å². The molecule has 2 rings (SSSR count). The predicted octanol–water partition coefficient (Wildman–Crippen LogP) is 5.68. The third-order valence-corrected chi connectivity index (χ3v) is 4.41. The first-order valence-corrected chi connectivity index (χ1v) is 8.80. The third-order valence-electron chi connectivity index (χ3n) is 2.96. The highest BCUT2D eigenvalue weighted by molar-refractivity contribution is 9.10. The quantitative estimate of drug-likeness (QED) is 0.606. The molecule has 5 heteroatoms. The number of halogens is 3. The summed E-state index contributed by atoms with van der Waals surface area (Å²) in [6, 6.07) is 13.0. The summed E-state index contributed by atoms with van der Waals surface area (Å²) in [5, 5.41) is 4.48. The zero-order valence-corrected chi connectivity index (χ0v) is 15.1. The van der Waals surface area contributed by atoms with E-state index in [2.05, 4.69) is 43.2 Å². The van der Waals surface area contributed by atoms with E-state index in [1.807, 2.05) is 18.2 Å². The van der Waals surface area contributed by atoms with E-state index >= 15 is 0 Å². The average Bonchev–Trinajstić information content (AvgIpc) is 2.45. The Bertz CT molecular complexity index is 646. The molecule has 0 aliphatic rings. The van der Waals surface area contributed by atoms with Crippen molar-refractivity contribution in [3.8, 4) is 0 Å². The molecule has 110 valence electrons. The summed E-state index contributed by atoms with van der Waals surface area (Å²) in [5.74, 6) is -0.156. The molecular weight excluding hydrogens is 417 g/mol. The number of aryl methyl sites for hydroxylation is 1. The second-order valence-electron chi connectivity index (χ2n) is 4.57. The lowest BCUT2D eigenvalue weighted by atomic mass is 10.1. The Hall–Kier alpha value is -0.840. The van der Waals surface area contributed by atoms with Gasteiger partial charge in [0, 0.05) is 20.5 Å². The van der Waals surface area contributed by atoms with Crippen LogP contribution in [0, 0.1) is 0 Å². The summed E-state index contributed by atoms with van der Waals surface area (Å²) in [6.45, 7) is 0. The number of carbonyl (C=O) groups excluding carboxylic acids is 1. The monoisotopic (exact) mass is 429 g/mol. The van der Waals surface area contributed by atoms with Crippen molar-refractivity contribution in [1.29, 1.82) is 0 Å². The fourth-order valence-corrected chi connectivity index (χ4v) is 3.09. The van der Waals surface area contributed by atoms with Crippen LogP contribution in [0.15, 0.2) is 46.9 Å². The van der Waals surface area contributed by atoms with E-state index in [1.165, 1.54) is 5.56 Å². The van der Waals surface area contributed by atoms with Gasteiger partial charge in [0.05, 0.1) is 5.56 Å². The van der Waals surface area contributed by atoms with E-state index in [4.69, 9.17) is 11.6 Å². The van der Waals surface area contributed by atoms with Gasteiger partial charge in [-0.05, 0) is 64.7 Å². The number of rotatable bonds is 5. The van der Waals surface area contributed by atoms with Crippen LogP contribution in [0.3, 0.4) is 0 Å². The van der Waals surface area contributed by atoms with Gasteiger partial charge in [-0.15, -0.1) is 0 Å². The first kappa shape index (κ1) is 16.5. The summed E-state index contributed by atoms with van der Waals surface area (Å²) in [6.07, 6.45) is 2.06. The van der Waals surface area contributed by atoms with Crippen molar-refractivity contribution in [3.63, 3.8) is 0 Å². The molecule has 0 spiro atoms. The van der Waals surface area contributed by atoms with E-state index in [1.54, 1.807) is 18.2 Å². The molecule has 0 aliphatic carbocycles. The summed E-state index contributed by atoms with van der Waals surface area (Å²) in [7, 11) is 0. The van der Waals surface area contributed by atoms with Crippen LogP contribution in [-0.2, 0) is 6.42 Å². The Kier molecular flexibility index (Phi) is 6.27. The van der Waals surface area contributed by atoms with Crippen molar-refractivity contribution in [3.05, 3.63) is 63.1 Å². The van der Waals surface area contributed by atoms with Gasteiger partial charge in [-0.3, -0.25) is 4.79 Å². The van der Waals surface area contributed by atoms with Crippen molar-refractivity contribution in [2.45, 2.75) is 12.8 Å². The molecule has 0 saturated heterocycles. The summed E-state index contributed by atoms with van der Waals surface area (Å²) < 4.78 is 0.683. The summed E-state index contributed by atoms with van der Waals surface area (Å²) >= 11 is 12.7. The van der Waals surface area contributed by atoms with E-state index in [9.17, 15) is 4.79 Å². The Morgan fingerprint density at radius 3 is 2.71 bits per heavy atom. The molecule has 0 heterocycles. The van der Waals surface area contributed by atoms with Crippen molar-refractivity contribution >= 4 is 55.1 Å².